The highest BCUT2D eigenvalue weighted by molar-refractivity contribution is 5.74. The summed E-state index contributed by atoms with van der Waals surface area (Å²) >= 11 is 0. The summed E-state index contributed by atoms with van der Waals surface area (Å²) in [5.74, 6) is -0.260. The summed E-state index contributed by atoms with van der Waals surface area (Å²) in [6.45, 7) is 1.77. The highest BCUT2D eigenvalue weighted by Crippen LogP contribution is 2.10. The number of allylic oxidation sites excluding steroid dienone is 2. The highest BCUT2D eigenvalue weighted by Gasteiger charge is 1.88. The van der Waals surface area contributed by atoms with Crippen LogP contribution in [0.25, 0.3) is 0 Å². The van der Waals surface area contributed by atoms with Crippen molar-refractivity contribution >= 4 is 11.9 Å². The van der Waals surface area contributed by atoms with Crippen molar-refractivity contribution in [1.82, 2.24) is 0 Å². The molecule has 1 rings (SSSR count). The van der Waals surface area contributed by atoms with Gasteiger partial charge in [0.1, 0.15) is 5.82 Å². The molecular formula is C10H11FN2. The molecule has 0 aliphatic rings. The first-order chi connectivity index (χ1) is 6.18. The van der Waals surface area contributed by atoms with E-state index < -0.39 is 0 Å². The van der Waals surface area contributed by atoms with Crippen molar-refractivity contribution in [3.05, 3.63) is 41.9 Å². The third-order valence-electron chi connectivity index (χ3n) is 1.39. The fourth-order valence-electron chi connectivity index (χ4n) is 0.768. The van der Waals surface area contributed by atoms with Gasteiger partial charge in [-0.3, -0.25) is 4.99 Å². The number of hydrogen-bond acceptors (Lipinski definition) is 2. The van der Waals surface area contributed by atoms with Crippen molar-refractivity contribution in [2.24, 2.45) is 10.7 Å². The van der Waals surface area contributed by atoms with Crippen LogP contribution >= 0.6 is 0 Å². The van der Waals surface area contributed by atoms with Crippen LogP contribution in [0.2, 0.25) is 0 Å². The quantitative estimate of drug-likeness (QED) is 0.694. The molecule has 0 unspecified atom stereocenters. The van der Waals surface area contributed by atoms with E-state index in [-0.39, 0.29) is 5.82 Å². The molecule has 0 radical (unpaired) electrons. The summed E-state index contributed by atoms with van der Waals surface area (Å²) < 4.78 is 12.5. The fraction of sp³-hybridized carbons (Fsp3) is 0.100. The standard InChI is InChI=1S/C10H11FN2/c1-8(12)6-7-13-10-4-2-9(11)3-5-10/h2-7H,12H2,1H3. The molecule has 68 valence electrons. The van der Waals surface area contributed by atoms with E-state index in [2.05, 4.69) is 4.99 Å². The molecule has 0 bridgehead atoms. The molecule has 0 heterocycles. The first-order valence-electron chi connectivity index (χ1n) is 3.90. The molecule has 3 heteroatoms. The second kappa shape index (κ2) is 4.40. The summed E-state index contributed by atoms with van der Waals surface area (Å²) in [6.07, 6.45) is 3.27. The first-order valence-corrected chi connectivity index (χ1v) is 3.90. The molecule has 1 aromatic carbocycles. The molecule has 13 heavy (non-hydrogen) atoms. The third kappa shape index (κ3) is 3.51. The van der Waals surface area contributed by atoms with Crippen LogP contribution in [0.1, 0.15) is 6.92 Å². The SMILES string of the molecule is CC(N)=CC=Nc1ccc(F)cc1. The van der Waals surface area contributed by atoms with Gasteiger partial charge in [0.2, 0.25) is 0 Å². The Morgan fingerprint density at radius 3 is 2.54 bits per heavy atom. The fourth-order valence-corrected chi connectivity index (χ4v) is 0.768. The van der Waals surface area contributed by atoms with Crippen LogP contribution < -0.4 is 5.73 Å². The van der Waals surface area contributed by atoms with E-state index in [1.807, 2.05) is 0 Å². The number of nitrogens with zero attached hydrogens (tertiary/aromatic N) is 1. The van der Waals surface area contributed by atoms with E-state index in [4.69, 9.17) is 5.73 Å². The predicted molar refractivity (Wildman–Crippen MR) is 52.5 cm³/mol. The molecule has 0 aliphatic heterocycles. The van der Waals surface area contributed by atoms with E-state index in [1.165, 1.54) is 12.1 Å². The molecule has 1 aromatic rings. The summed E-state index contributed by atoms with van der Waals surface area (Å²) in [6, 6.07) is 5.94. The summed E-state index contributed by atoms with van der Waals surface area (Å²) in [4.78, 5) is 4.04. The minimum atomic E-state index is -0.260. The zero-order valence-corrected chi connectivity index (χ0v) is 7.37. The number of hydrogen-bond donors (Lipinski definition) is 1. The summed E-state index contributed by atoms with van der Waals surface area (Å²) in [5, 5.41) is 0. The second-order valence-corrected chi connectivity index (χ2v) is 2.67. The topological polar surface area (TPSA) is 38.4 Å². The third-order valence-corrected chi connectivity index (χ3v) is 1.39. The smallest absolute Gasteiger partial charge is 0.123 e. The Labute approximate surface area is 76.6 Å². The summed E-state index contributed by atoms with van der Waals surface area (Å²) in [5.41, 5.74) is 6.78. The number of aliphatic imine (C=N–C) groups is 1. The van der Waals surface area contributed by atoms with Crippen molar-refractivity contribution in [1.29, 1.82) is 0 Å². The van der Waals surface area contributed by atoms with Gasteiger partial charge in [0.15, 0.2) is 0 Å². The molecule has 0 fully saturated rings. The average molecular weight is 178 g/mol. The van der Waals surface area contributed by atoms with Crippen LogP contribution in [0, 0.1) is 5.82 Å². The molecule has 0 amide bonds. The van der Waals surface area contributed by atoms with Gasteiger partial charge in [0, 0.05) is 11.9 Å². The van der Waals surface area contributed by atoms with E-state index >= 15 is 0 Å². The van der Waals surface area contributed by atoms with Crippen LogP contribution in [0.5, 0.6) is 0 Å². The lowest BCUT2D eigenvalue weighted by Crippen LogP contribution is -1.89. The van der Waals surface area contributed by atoms with Crippen molar-refractivity contribution in [2.75, 3.05) is 0 Å². The van der Waals surface area contributed by atoms with Crippen LogP contribution in [-0.2, 0) is 0 Å². The van der Waals surface area contributed by atoms with Gasteiger partial charge in [0.25, 0.3) is 0 Å². The predicted octanol–water partition coefficient (Wildman–Crippen LogP) is 2.39. The molecule has 0 atom stereocenters. The Morgan fingerprint density at radius 1 is 1.38 bits per heavy atom. The van der Waals surface area contributed by atoms with Gasteiger partial charge in [-0.05, 0) is 37.3 Å². The molecule has 0 spiro atoms. The second-order valence-electron chi connectivity index (χ2n) is 2.67. The van der Waals surface area contributed by atoms with Crippen LogP contribution in [0.15, 0.2) is 41.0 Å². The van der Waals surface area contributed by atoms with Gasteiger partial charge in [-0.1, -0.05) is 0 Å². The Kier molecular flexibility index (Phi) is 3.20. The van der Waals surface area contributed by atoms with Crippen LogP contribution in [0.4, 0.5) is 10.1 Å². The number of rotatable bonds is 2. The minimum Gasteiger partial charge on any atom is -0.402 e. The van der Waals surface area contributed by atoms with Gasteiger partial charge >= 0.3 is 0 Å². The van der Waals surface area contributed by atoms with E-state index in [0.717, 1.165) is 0 Å². The van der Waals surface area contributed by atoms with Crippen molar-refractivity contribution in [3.63, 3.8) is 0 Å². The largest absolute Gasteiger partial charge is 0.402 e. The lowest BCUT2D eigenvalue weighted by molar-refractivity contribution is 0.628. The lowest BCUT2D eigenvalue weighted by atomic mass is 10.3. The Balaban J connectivity index is 2.70. The Hall–Kier alpha value is -1.64. The Bertz CT molecular complexity index is 321. The van der Waals surface area contributed by atoms with Gasteiger partial charge < -0.3 is 5.73 Å². The lowest BCUT2D eigenvalue weighted by Gasteiger charge is -1.91. The van der Waals surface area contributed by atoms with Crippen molar-refractivity contribution in [2.45, 2.75) is 6.92 Å². The van der Waals surface area contributed by atoms with Gasteiger partial charge in [0.05, 0.1) is 5.69 Å². The molecule has 0 aliphatic carbocycles. The molecular weight excluding hydrogens is 167 g/mol. The van der Waals surface area contributed by atoms with Gasteiger partial charge in [-0.25, -0.2) is 4.39 Å². The molecule has 0 saturated carbocycles. The van der Waals surface area contributed by atoms with Crippen LogP contribution in [-0.4, -0.2) is 6.21 Å². The van der Waals surface area contributed by atoms with E-state index in [1.54, 1.807) is 31.3 Å². The van der Waals surface area contributed by atoms with Crippen molar-refractivity contribution in [3.8, 4) is 0 Å². The maximum Gasteiger partial charge on any atom is 0.123 e. The van der Waals surface area contributed by atoms with E-state index in [0.29, 0.717) is 11.4 Å². The number of nitrogens with two attached hydrogens (primary N) is 1. The minimum absolute atomic E-state index is 0.260. The van der Waals surface area contributed by atoms with Gasteiger partial charge in [-0.15, -0.1) is 0 Å². The molecule has 2 N–H and O–H groups in total. The van der Waals surface area contributed by atoms with Gasteiger partial charge in [-0.2, -0.15) is 0 Å². The summed E-state index contributed by atoms with van der Waals surface area (Å²) in [7, 11) is 0. The monoisotopic (exact) mass is 178 g/mol. The van der Waals surface area contributed by atoms with Crippen molar-refractivity contribution < 1.29 is 4.39 Å². The molecule has 0 aromatic heterocycles. The number of benzene rings is 1. The Morgan fingerprint density at radius 2 is 2.00 bits per heavy atom. The normalized spacial score (nSPS) is 12.3. The molecule has 0 saturated heterocycles. The maximum atomic E-state index is 12.5. The highest BCUT2D eigenvalue weighted by atomic mass is 19.1. The zero-order valence-electron chi connectivity index (χ0n) is 7.37. The number of halogens is 1. The zero-order chi connectivity index (χ0) is 9.68. The first kappa shape index (κ1) is 9.45. The molecule has 2 nitrogen and oxygen atoms in total. The van der Waals surface area contributed by atoms with E-state index in [9.17, 15) is 4.39 Å². The maximum absolute atomic E-state index is 12.5. The van der Waals surface area contributed by atoms with Crippen LogP contribution in [0.3, 0.4) is 0 Å². The average Bonchev–Trinajstić information content (AvgIpc) is 2.08.